The monoisotopic (exact) mass is 696 g/mol. The zero-order valence-electron chi connectivity index (χ0n) is 34.9. The second-order valence-electron chi connectivity index (χ2n) is 21.7. The fraction of sp³-hybridized carbons (Fsp3) is 0.400. The molecular weight excluding hydrogens is 639 g/mol. The van der Waals surface area contributed by atoms with Crippen LogP contribution in [0.4, 0.5) is 0 Å². The lowest BCUT2D eigenvalue weighted by atomic mass is 9.45. The van der Waals surface area contributed by atoms with Gasteiger partial charge in [-0.05, 0) is 120 Å². The number of hydrogen-bond acceptors (Lipinski definition) is 0. The molecule has 2 aromatic heterocycles. The van der Waals surface area contributed by atoms with Gasteiger partial charge in [0.1, 0.15) is 0 Å². The van der Waals surface area contributed by atoms with Crippen LogP contribution in [0.2, 0.25) is 0 Å². The molecule has 0 fully saturated rings. The summed E-state index contributed by atoms with van der Waals surface area (Å²) in [6.07, 6.45) is 0. The van der Waals surface area contributed by atoms with Crippen molar-refractivity contribution in [3.05, 3.63) is 101 Å². The summed E-state index contributed by atoms with van der Waals surface area (Å²) in [4.78, 5) is 0. The molecule has 0 radical (unpaired) electrons. The van der Waals surface area contributed by atoms with Gasteiger partial charge in [-0.1, -0.05) is 128 Å². The summed E-state index contributed by atoms with van der Waals surface area (Å²) in [5.74, 6) is 0. The Balaban J connectivity index is 1.55. The molecule has 0 saturated carbocycles. The first-order valence-electron chi connectivity index (χ1n) is 19.9. The van der Waals surface area contributed by atoms with Gasteiger partial charge in [-0.15, -0.1) is 0 Å². The number of hydrogen-bond donors (Lipinski definition) is 0. The molecule has 0 saturated heterocycles. The van der Waals surface area contributed by atoms with E-state index in [2.05, 4.69) is 186 Å². The Bertz CT molecular complexity index is 2730. The van der Waals surface area contributed by atoms with E-state index in [-0.39, 0.29) is 33.9 Å². The molecule has 0 amide bonds. The number of rotatable bonds is 0. The van der Waals surface area contributed by atoms with E-state index in [1.54, 1.807) is 0 Å². The molecule has 0 atom stereocenters. The van der Waals surface area contributed by atoms with Gasteiger partial charge in [0.2, 0.25) is 0 Å². The lowest BCUT2D eigenvalue weighted by Gasteiger charge is -2.37. The van der Waals surface area contributed by atoms with Gasteiger partial charge < -0.3 is 9.05 Å². The van der Waals surface area contributed by atoms with Gasteiger partial charge in [-0.3, -0.25) is 0 Å². The predicted octanol–water partition coefficient (Wildman–Crippen LogP) is 12.3. The van der Waals surface area contributed by atoms with Crippen LogP contribution in [0.15, 0.2) is 72.8 Å². The molecule has 53 heavy (non-hydrogen) atoms. The summed E-state index contributed by atoms with van der Waals surface area (Å²) in [7, 11) is 0. The maximum absolute atomic E-state index is 2.75. The molecule has 270 valence electrons. The molecule has 0 aliphatic carbocycles. The van der Waals surface area contributed by atoms with E-state index in [1.807, 2.05) is 0 Å². The Labute approximate surface area is 317 Å². The quantitative estimate of drug-likeness (QED) is 0.140. The van der Waals surface area contributed by atoms with Crippen molar-refractivity contribution in [3.63, 3.8) is 0 Å². The summed E-state index contributed by atoms with van der Waals surface area (Å²) in [6.45, 7) is 35.4. The Morgan fingerprint density at radius 1 is 0.396 bits per heavy atom. The Morgan fingerprint density at radius 3 is 1.38 bits per heavy atom. The van der Waals surface area contributed by atoms with Crippen LogP contribution in [0.5, 0.6) is 0 Å². The molecule has 2 nitrogen and oxygen atoms in total. The van der Waals surface area contributed by atoms with Crippen LogP contribution in [-0.4, -0.2) is 15.9 Å². The molecule has 7 aromatic rings. The molecule has 9 rings (SSSR count). The topological polar surface area (TPSA) is 9.86 Å². The van der Waals surface area contributed by atoms with E-state index in [9.17, 15) is 0 Å². The maximum atomic E-state index is 2.75. The van der Waals surface area contributed by atoms with Gasteiger partial charge in [-0.25, -0.2) is 0 Å². The normalized spacial score (nSPS) is 14.7. The third-order valence-corrected chi connectivity index (χ3v) is 12.6. The minimum Gasteiger partial charge on any atom is -0.375 e. The highest BCUT2D eigenvalue weighted by atomic mass is 15.0. The van der Waals surface area contributed by atoms with Crippen LogP contribution in [-0.2, 0) is 27.1 Å². The summed E-state index contributed by atoms with van der Waals surface area (Å²) in [6, 6.07) is 29.9. The van der Waals surface area contributed by atoms with Crippen LogP contribution in [0, 0.1) is 0 Å². The fourth-order valence-corrected chi connectivity index (χ4v) is 9.28. The van der Waals surface area contributed by atoms with Gasteiger partial charge in [-0.2, -0.15) is 0 Å². The first kappa shape index (κ1) is 34.5. The van der Waals surface area contributed by atoms with Gasteiger partial charge in [0.25, 0.3) is 0 Å². The molecule has 3 heteroatoms. The Hall–Kier alpha value is -4.24. The summed E-state index contributed by atoms with van der Waals surface area (Å²) >= 11 is 0. The molecule has 5 aromatic carbocycles. The van der Waals surface area contributed by atoms with Crippen molar-refractivity contribution < 1.29 is 0 Å². The number of benzene rings is 5. The maximum Gasteiger partial charge on any atom is 0.333 e. The van der Waals surface area contributed by atoms with Crippen LogP contribution >= 0.6 is 0 Å². The molecule has 0 N–H and O–H groups in total. The Morgan fingerprint density at radius 2 is 0.830 bits per heavy atom. The second-order valence-corrected chi connectivity index (χ2v) is 21.7. The van der Waals surface area contributed by atoms with Crippen molar-refractivity contribution in [1.29, 1.82) is 0 Å². The standard InChI is InChI=1S/C50H57BN2/c1-46(2,3)28-16-18-40-33(20-28)37-25-31(49(10,11)12)26-39-45(37)52(40)42-27-32(50(13,14)15)22-35-38-24-30(48(7,8)9)23-36-34-21-29(47(4,5)6)17-19-41(34)53(44(36)38)51(39)43(35)42/h16-27H,1-15H3. The van der Waals surface area contributed by atoms with Crippen molar-refractivity contribution in [2.45, 2.75) is 131 Å². The van der Waals surface area contributed by atoms with E-state index < -0.39 is 0 Å². The lowest BCUT2D eigenvalue weighted by molar-refractivity contribution is 0.589. The zero-order valence-corrected chi connectivity index (χ0v) is 34.9. The average Bonchev–Trinajstić information content (AvgIpc) is 3.55. The van der Waals surface area contributed by atoms with Gasteiger partial charge in [0, 0.05) is 43.8 Å². The highest BCUT2D eigenvalue weighted by molar-refractivity contribution is 6.90. The smallest absolute Gasteiger partial charge is 0.333 e. The molecule has 2 aliphatic heterocycles. The van der Waals surface area contributed by atoms with Crippen molar-refractivity contribution in [2.24, 2.45) is 0 Å². The highest BCUT2D eigenvalue weighted by Crippen LogP contribution is 2.47. The van der Waals surface area contributed by atoms with E-state index in [4.69, 9.17) is 0 Å². The lowest BCUT2D eigenvalue weighted by Crippen LogP contribution is -2.55. The van der Waals surface area contributed by atoms with Gasteiger partial charge >= 0.3 is 6.85 Å². The average molecular weight is 697 g/mol. The molecule has 0 unspecified atom stereocenters. The second kappa shape index (κ2) is 10.3. The van der Waals surface area contributed by atoms with Crippen molar-refractivity contribution in [2.75, 3.05) is 0 Å². The molecule has 4 heterocycles. The van der Waals surface area contributed by atoms with Crippen LogP contribution < -0.4 is 10.9 Å². The minimum absolute atomic E-state index is 0.00106. The molecular formula is C50H57BN2. The Kier molecular flexibility index (Phi) is 6.70. The van der Waals surface area contributed by atoms with Crippen LogP contribution in [0.3, 0.4) is 0 Å². The van der Waals surface area contributed by atoms with E-state index in [0.29, 0.717) is 0 Å². The number of fused-ring (bicyclic) bond motifs is 10. The highest BCUT2D eigenvalue weighted by Gasteiger charge is 2.43. The van der Waals surface area contributed by atoms with E-state index in [1.165, 1.54) is 99.2 Å². The van der Waals surface area contributed by atoms with E-state index >= 15 is 0 Å². The largest absolute Gasteiger partial charge is 0.375 e. The first-order valence-corrected chi connectivity index (χ1v) is 19.9. The minimum atomic E-state index is -0.0224. The third kappa shape index (κ3) is 4.84. The van der Waals surface area contributed by atoms with Crippen molar-refractivity contribution in [1.82, 2.24) is 9.05 Å². The molecule has 0 spiro atoms. The van der Waals surface area contributed by atoms with Gasteiger partial charge in [0.15, 0.2) is 0 Å². The summed E-state index contributed by atoms with van der Waals surface area (Å²) < 4.78 is 5.41. The van der Waals surface area contributed by atoms with Crippen molar-refractivity contribution >= 4 is 61.4 Å². The zero-order chi connectivity index (χ0) is 38.1. The summed E-state index contributed by atoms with van der Waals surface area (Å²) in [5.41, 5.74) is 19.3. The van der Waals surface area contributed by atoms with Gasteiger partial charge in [0.05, 0.1) is 11.0 Å². The van der Waals surface area contributed by atoms with Crippen LogP contribution in [0.1, 0.15) is 132 Å². The third-order valence-electron chi connectivity index (χ3n) is 12.6. The molecule has 2 aliphatic rings. The first-order chi connectivity index (χ1) is 24.4. The van der Waals surface area contributed by atoms with E-state index in [0.717, 1.165) is 0 Å². The van der Waals surface area contributed by atoms with Crippen molar-refractivity contribution in [3.8, 4) is 16.8 Å². The number of nitrogens with zero attached hydrogens (tertiary/aromatic N) is 2. The summed E-state index contributed by atoms with van der Waals surface area (Å²) in [5, 5.41) is 5.48. The fourth-order valence-electron chi connectivity index (χ4n) is 9.28. The molecule has 0 bridgehead atoms. The predicted molar refractivity (Wildman–Crippen MR) is 233 cm³/mol. The SMILES string of the molecule is CC(C)(C)c1cc2c3c(c1)-n1c4ccc(C(C)(C)C)cc4c4cc(C(C)(C)C)cc(c41)B3n1c3ccc(C(C)(C)C)cc3c3cc(C(C)(C)C)cc-2c31. The van der Waals surface area contributed by atoms with Crippen LogP contribution in [0.25, 0.3) is 60.4 Å². The number of aromatic nitrogens is 2.